The molecule has 0 radical (unpaired) electrons. The number of nitrogens with one attached hydrogen (secondary N) is 1. The first-order chi connectivity index (χ1) is 7.17. The minimum absolute atomic E-state index is 0.210. The Morgan fingerprint density at radius 3 is 2.87 bits per heavy atom. The van der Waals surface area contributed by atoms with Gasteiger partial charge in [-0.2, -0.15) is 5.26 Å². The van der Waals surface area contributed by atoms with Gasteiger partial charge in [-0.25, -0.2) is 0 Å². The van der Waals surface area contributed by atoms with Gasteiger partial charge in [0, 0.05) is 18.8 Å². The summed E-state index contributed by atoms with van der Waals surface area (Å²) in [6.45, 7) is 2.64. The Morgan fingerprint density at radius 1 is 1.60 bits per heavy atom. The Balaban J connectivity index is 2.72. The van der Waals surface area contributed by atoms with E-state index in [4.69, 9.17) is 15.7 Å². The molecular formula is C11H15N3O. The van der Waals surface area contributed by atoms with Gasteiger partial charge >= 0.3 is 0 Å². The number of ether oxygens (including phenoxy) is 1. The summed E-state index contributed by atoms with van der Waals surface area (Å²) >= 11 is 0. The summed E-state index contributed by atoms with van der Waals surface area (Å²) in [6, 6.07) is 7.53. The van der Waals surface area contributed by atoms with Crippen LogP contribution < -0.4 is 11.1 Å². The topological polar surface area (TPSA) is 71.1 Å². The van der Waals surface area contributed by atoms with Crippen molar-refractivity contribution in [2.45, 2.75) is 13.0 Å². The predicted octanol–water partition coefficient (Wildman–Crippen LogP) is 1.59. The first-order valence-corrected chi connectivity index (χ1v) is 4.72. The van der Waals surface area contributed by atoms with Gasteiger partial charge in [0.15, 0.2) is 0 Å². The molecule has 4 nitrogen and oxygen atoms in total. The number of nitrogen functional groups attached to an aromatic ring is 1. The fraction of sp³-hybridized carbons (Fsp3) is 0.364. The Kier molecular flexibility index (Phi) is 3.95. The van der Waals surface area contributed by atoms with Gasteiger partial charge in [-0.3, -0.25) is 0 Å². The third-order valence-corrected chi connectivity index (χ3v) is 2.00. The van der Waals surface area contributed by atoms with Crippen molar-refractivity contribution in [1.82, 2.24) is 0 Å². The minimum Gasteiger partial charge on any atom is -0.398 e. The average molecular weight is 205 g/mol. The molecule has 3 N–H and O–H groups in total. The van der Waals surface area contributed by atoms with E-state index in [2.05, 4.69) is 5.32 Å². The Morgan fingerprint density at radius 2 is 2.33 bits per heavy atom. The summed E-state index contributed by atoms with van der Waals surface area (Å²) in [6.07, 6.45) is 0. The maximum absolute atomic E-state index is 8.71. The molecule has 1 aromatic carbocycles. The zero-order valence-corrected chi connectivity index (χ0v) is 8.95. The van der Waals surface area contributed by atoms with Crippen LogP contribution in [-0.2, 0) is 4.74 Å². The van der Waals surface area contributed by atoms with Crippen molar-refractivity contribution in [2.75, 3.05) is 24.8 Å². The Hall–Kier alpha value is -1.73. The normalized spacial score (nSPS) is 11.8. The van der Waals surface area contributed by atoms with Crippen molar-refractivity contribution in [3.63, 3.8) is 0 Å². The highest BCUT2D eigenvalue weighted by Gasteiger charge is 2.03. The highest BCUT2D eigenvalue weighted by Crippen LogP contribution is 2.17. The molecule has 1 aromatic rings. The Labute approximate surface area is 89.7 Å². The van der Waals surface area contributed by atoms with Gasteiger partial charge < -0.3 is 15.8 Å². The molecule has 0 aliphatic rings. The molecule has 0 aliphatic heterocycles. The summed E-state index contributed by atoms with van der Waals surface area (Å²) in [5.41, 5.74) is 7.58. The van der Waals surface area contributed by atoms with Gasteiger partial charge in [0.05, 0.1) is 17.9 Å². The molecule has 1 atom stereocenters. The van der Waals surface area contributed by atoms with Crippen LogP contribution in [0.2, 0.25) is 0 Å². The second kappa shape index (κ2) is 5.23. The SMILES string of the molecule is COCC(C)Nc1ccc(C#N)c(N)c1. The highest BCUT2D eigenvalue weighted by molar-refractivity contribution is 5.62. The maximum atomic E-state index is 8.71. The molecule has 80 valence electrons. The fourth-order valence-electron chi connectivity index (χ4n) is 1.33. The number of nitriles is 1. The van der Waals surface area contributed by atoms with Crippen molar-refractivity contribution in [3.8, 4) is 6.07 Å². The number of methoxy groups -OCH3 is 1. The lowest BCUT2D eigenvalue weighted by Crippen LogP contribution is -2.20. The van der Waals surface area contributed by atoms with E-state index in [1.807, 2.05) is 19.1 Å². The molecule has 0 aromatic heterocycles. The number of nitrogens with zero attached hydrogens (tertiary/aromatic N) is 1. The van der Waals surface area contributed by atoms with Gasteiger partial charge in [-0.1, -0.05) is 0 Å². The van der Waals surface area contributed by atoms with E-state index >= 15 is 0 Å². The number of benzene rings is 1. The van der Waals surface area contributed by atoms with Crippen molar-refractivity contribution >= 4 is 11.4 Å². The quantitative estimate of drug-likeness (QED) is 0.732. The van der Waals surface area contributed by atoms with Crippen LogP contribution in [0.25, 0.3) is 0 Å². The molecule has 0 aliphatic carbocycles. The monoisotopic (exact) mass is 205 g/mol. The number of nitrogens with two attached hydrogens (primary N) is 1. The number of hydrogen-bond donors (Lipinski definition) is 2. The third-order valence-electron chi connectivity index (χ3n) is 2.00. The van der Waals surface area contributed by atoms with Gasteiger partial charge in [0.1, 0.15) is 6.07 Å². The lowest BCUT2D eigenvalue weighted by molar-refractivity contribution is 0.190. The third kappa shape index (κ3) is 3.15. The van der Waals surface area contributed by atoms with E-state index < -0.39 is 0 Å². The molecule has 0 saturated carbocycles. The van der Waals surface area contributed by atoms with E-state index in [9.17, 15) is 0 Å². The first-order valence-electron chi connectivity index (χ1n) is 4.72. The number of anilines is 2. The molecule has 1 rings (SSSR count). The van der Waals surface area contributed by atoms with E-state index in [0.717, 1.165) is 5.69 Å². The standard InChI is InChI=1S/C11H15N3O/c1-8(7-15-2)14-10-4-3-9(6-12)11(13)5-10/h3-5,8,14H,7,13H2,1-2H3. The van der Waals surface area contributed by atoms with Crippen LogP contribution in [-0.4, -0.2) is 19.8 Å². The summed E-state index contributed by atoms with van der Waals surface area (Å²) in [4.78, 5) is 0. The molecular weight excluding hydrogens is 190 g/mol. The molecule has 0 spiro atoms. The molecule has 15 heavy (non-hydrogen) atoms. The molecule has 0 bridgehead atoms. The summed E-state index contributed by atoms with van der Waals surface area (Å²) < 4.78 is 5.00. The Bertz CT molecular complexity index is 371. The largest absolute Gasteiger partial charge is 0.398 e. The van der Waals surface area contributed by atoms with Crippen LogP contribution in [0.1, 0.15) is 12.5 Å². The molecule has 4 heteroatoms. The molecule has 0 fully saturated rings. The zero-order chi connectivity index (χ0) is 11.3. The number of hydrogen-bond acceptors (Lipinski definition) is 4. The second-order valence-corrected chi connectivity index (χ2v) is 3.41. The highest BCUT2D eigenvalue weighted by atomic mass is 16.5. The van der Waals surface area contributed by atoms with E-state index in [1.165, 1.54) is 0 Å². The summed E-state index contributed by atoms with van der Waals surface area (Å²) in [7, 11) is 1.66. The van der Waals surface area contributed by atoms with Crippen LogP contribution in [0.4, 0.5) is 11.4 Å². The maximum Gasteiger partial charge on any atom is 0.101 e. The van der Waals surface area contributed by atoms with Gasteiger partial charge in [0.2, 0.25) is 0 Å². The van der Waals surface area contributed by atoms with Crippen LogP contribution in [0.5, 0.6) is 0 Å². The van der Waals surface area contributed by atoms with Crippen LogP contribution >= 0.6 is 0 Å². The minimum atomic E-state index is 0.210. The average Bonchev–Trinajstić information content (AvgIpc) is 2.18. The lowest BCUT2D eigenvalue weighted by atomic mass is 10.1. The lowest BCUT2D eigenvalue weighted by Gasteiger charge is -2.14. The molecule has 0 heterocycles. The van der Waals surface area contributed by atoms with Crippen molar-refractivity contribution in [1.29, 1.82) is 5.26 Å². The van der Waals surface area contributed by atoms with Crippen molar-refractivity contribution < 1.29 is 4.74 Å². The van der Waals surface area contributed by atoms with Gasteiger partial charge in [-0.15, -0.1) is 0 Å². The summed E-state index contributed by atoms with van der Waals surface area (Å²) in [5.74, 6) is 0. The predicted molar refractivity (Wildman–Crippen MR) is 60.5 cm³/mol. The van der Waals surface area contributed by atoms with E-state index in [1.54, 1.807) is 19.2 Å². The van der Waals surface area contributed by atoms with Gasteiger partial charge in [0.25, 0.3) is 0 Å². The first kappa shape index (κ1) is 11.3. The zero-order valence-electron chi connectivity index (χ0n) is 8.95. The van der Waals surface area contributed by atoms with Crippen molar-refractivity contribution in [2.24, 2.45) is 0 Å². The van der Waals surface area contributed by atoms with Crippen LogP contribution in [0, 0.1) is 11.3 Å². The summed E-state index contributed by atoms with van der Waals surface area (Å²) in [5, 5.41) is 11.9. The van der Waals surface area contributed by atoms with Crippen molar-refractivity contribution in [3.05, 3.63) is 23.8 Å². The van der Waals surface area contributed by atoms with Gasteiger partial charge in [-0.05, 0) is 25.1 Å². The van der Waals surface area contributed by atoms with Crippen LogP contribution in [0.3, 0.4) is 0 Å². The van der Waals surface area contributed by atoms with E-state index in [0.29, 0.717) is 17.9 Å². The second-order valence-electron chi connectivity index (χ2n) is 3.41. The fourth-order valence-corrected chi connectivity index (χ4v) is 1.33. The number of rotatable bonds is 4. The molecule has 0 saturated heterocycles. The molecule has 1 unspecified atom stereocenters. The van der Waals surface area contributed by atoms with Crippen LogP contribution in [0.15, 0.2) is 18.2 Å². The van der Waals surface area contributed by atoms with E-state index in [-0.39, 0.29) is 6.04 Å². The smallest absolute Gasteiger partial charge is 0.101 e. The molecule has 0 amide bonds.